The lowest BCUT2D eigenvalue weighted by molar-refractivity contribution is -0.191. The van der Waals surface area contributed by atoms with E-state index in [2.05, 4.69) is 20.0 Å². The molecule has 2 aromatic heterocycles. The highest BCUT2D eigenvalue weighted by Crippen LogP contribution is 2.54. The molecular weight excluding hydrogens is 643 g/mol. The number of esters is 1. The van der Waals surface area contributed by atoms with Crippen molar-refractivity contribution in [3.63, 3.8) is 0 Å². The third kappa shape index (κ3) is 6.05. The maximum Gasteiger partial charge on any atom is 0.459 e. The lowest BCUT2D eigenvalue weighted by atomic mass is 9.96. The lowest BCUT2D eigenvalue weighted by Gasteiger charge is -2.32. The molecule has 248 valence electrons. The second-order valence-corrected chi connectivity index (χ2v) is 12.4. The molecule has 0 bridgehead atoms. The molecule has 1 fully saturated rings. The maximum absolute atomic E-state index is 15.6. The molecule has 5 N–H and O–H groups in total. The number of benzene rings is 2. The molecule has 1 aliphatic rings. The summed E-state index contributed by atoms with van der Waals surface area (Å²) in [6.07, 6.45) is -9.75. The van der Waals surface area contributed by atoms with Gasteiger partial charge in [0, 0.05) is 5.39 Å². The van der Waals surface area contributed by atoms with Crippen molar-refractivity contribution in [3.05, 3.63) is 59.1 Å². The Morgan fingerprint density at radius 1 is 1.22 bits per heavy atom. The summed E-state index contributed by atoms with van der Waals surface area (Å²) >= 11 is 0. The largest absolute Gasteiger partial charge is 0.462 e. The van der Waals surface area contributed by atoms with Gasteiger partial charge in [0.15, 0.2) is 22.9 Å². The van der Waals surface area contributed by atoms with Crippen molar-refractivity contribution in [1.82, 2.24) is 24.6 Å². The summed E-state index contributed by atoms with van der Waals surface area (Å²) in [5.74, 6) is -5.96. The molecule has 0 aliphatic carbocycles. The van der Waals surface area contributed by atoms with E-state index in [0.29, 0.717) is 21.7 Å². The third-order valence-electron chi connectivity index (χ3n) is 7.05. The quantitative estimate of drug-likeness (QED) is 0.103. The van der Waals surface area contributed by atoms with Gasteiger partial charge in [-0.15, -0.1) is 0 Å². The Balaban J connectivity index is 1.51. The van der Waals surface area contributed by atoms with Crippen LogP contribution in [0.15, 0.2) is 53.6 Å². The van der Waals surface area contributed by atoms with Crippen molar-refractivity contribution < 1.29 is 50.5 Å². The Morgan fingerprint density at radius 2 is 1.91 bits per heavy atom. The Labute approximate surface area is 257 Å². The van der Waals surface area contributed by atoms with Gasteiger partial charge in [-0.3, -0.25) is 23.7 Å². The van der Waals surface area contributed by atoms with Gasteiger partial charge >= 0.3 is 19.6 Å². The number of aromatic amines is 1. The van der Waals surface area contributed by atoms with Crippen LogP contribution in [-0.4, -0.2) is 73.4 Å². The van der Waals surface area contributed by atoms with E-state index in [9.17, 15) is 28.0 Å². The number of halogens is 4. The molecule has 0 spiro atoms. The zero-order valence-corrected chi connectivity index (χ0v) is 25.3. The topological polar surface area (TPSA) is 193 Å². The number of nitrogens with one attached hydrogen (secondary N) is 2. The van der Waals surface area contributed by atoms with Crippen LogP contribution < -0.4 is 20.9 Å². The molecule has 46 heavy (non-hydrogen) atoms. The first-order chi connectivity index (χ1) is 21.6. The number of H-pyrrole nitrogens is 1. The van der Waals surface area contributed by atoms with E-state index in [1.807, 2.05) is 0 Å². The number of anilines is 1. The number of aliphatic hydroxyl groups is 1. The highest BCUT2D eigenvalue weighted by atomic mass is 31.2. The molecule has 0 amide bonds. The highest BCUT2D eigenvalue weighted by Gasteiger charge is 2.71. The summed E-state index contributed by atoms with van der Waals surface area (Å²) in [4.78, 5) is 34.3. The zero-order chi connectivity index (χ0) is 33.6. The van der Waals surface area contributed by atoms with Gasteiger partial charge in [0.25, 0.3) is 12.0 Å². The second kappa shape index (κ2) is 12.3. The summed E-state index contributed by atoms with van der Waals surface area (Å²) in [5, 5.41) is 14.0. The predicted molar refractivity (Wildman–Crippen MR) is 154 cm³/mol. The maximum atomic E-state index is 15.6. The van der Waals surface area contributed by atoms with E-state index in [-0.39, 0.29) is 5.75 Å². The summed E-state index contributed by atoms with van der Waals surface area (Å²) < 4.78 is 96.5. The fourth-order valence-electron chi connectivity index (χ4n) is 4.82. The van der Waals surface area contributed by atoms with Crippen molar-refractivity contribution in [1.29, 1.82) is 0 Å². The van der Waals surface area contributed by atoms with Crippen molar-refractivity contribution in [2.24, 2.45) is 0 Å². The number of ether oxygens (including phenoxy) is 2. The minimum Gasteiger partial charge on any atom is -0.462 e. The minimum atomic E-state index is -4.95. The Morgan fingerprint density at radius 3 is 2.61 bits per heavy atom. The fraction of sp³-hybridized carbons (Fsp3) is 0.407. The zero-order valence-electron chi connectivity index (χ0n) is 24.4. The van der Waals surface area contributed by atoms with Crippen LogP contribution in [0.2, 0.25) is 0 Å². The van der Waals surface area contributed by atoms with E-state index >= 15 is 8.78 Å². The molecule has 1 saturated heterocycles. The number of nitrogens with zero attached hydrogens (tertiary/aromatic N) is 3. The van der Waals surface area contributed by atoms with Gasteiger partial charge in [-0.25, -0.2) is 18.3 Å². The first kappa shape index (κ1) is 33.3. The van der Waals surface area contributed by atoms with E-state index in [1.165, 1.54) is 19.1 Å². The standard InChI is InChI=1S/C27H29F4N6O8P/c1-13(2)43-21(39)14(3)36-46(41,45-17-10-6-8-15-7-4-5-9-16(15)17)42-11-26(23(28)29)22(40)27(30,31)24(44-26)37-12-33-18-19(37)34-25(32)35-20(18)38/h4-10,12-14,22-24,40H,11H2,1-3H3,(H,36,41)(H3,32,34,35,38)/t14-,22+,24+,26+,46?/m0/s1. The first-order valence-corrected chi connectivity index (χ1v) is 15.3. The van der Waals surface area contributed by atoms with E-state index in [1.54, 1.807) is 44.2 Å². The van der Waals surface area contributed by atoms with Crippen LogP contribution in [0.3, 0.4) is 0 Å². The number of alkyl halides is 4. The van der Waals surface area contributed by atoms with Crippen LogP contribution in [0.25, 0.3) is 21.9 Å². The van der Waals surface area contributed by atoms with Crippen LogP contribution in [0.5, 0.6) is 5.75 Å². The Kier molecular flexibility index (Phi) is 8.87. The van der Waals surface area contributed by atoms with Crippen LogP contribution in [-0.2, 0) is 23.4 Å². The molecule has 0 saturated carbocycles. The van der Waals surface area contributed by atoms with Crippen LogP contribution in [0, 0.1) is 0 Å². The number of hydrogen-bond donors (Lipinski definition) is 4. The number of aliphatic hydroxyl groups excluding tert-OH is 1. The van der Waals surface area contributed by atoms with E-state index in [4.69, 9.17) is 24.3 Å². The van der Waals surface area contributed by atoms with Crippen molar-refractivity contribution in [2.75, 3.05) is 12.3 Å². The van der Waals surface area contributed by atoms with Gasteiger partial charge in [0.2, 0.25) is 12.2 Å². The monoisotopic (exact) mass is 672 g/mol. The number of imidazole rings is 1. The molecule has 0 radical (unpaired) electrons. The Bertz CT molecular complexity index is 1870. The third-order valence-corrected chi connectivity index (χ3v) is 8.66. The fourth-order valence-corrected chi connectivity index (χ4v) is 6.37. The van der Waals surface area contributed by atoms with Gasteiger partial charge in [-0.05, 0) is 32.2 Å². The smallest absolute Gasteiger partial charge is 0.459 e. The average molecular weight is 673 g/mol. The first-order valence-electron chi connectivity index (χ1n) is 13.7. The van der Waals surface area contributed by atoms with Crippen molar-refractivity contribution >= 4 is 41.6 Å². The molecular formula is C27H29F4N6O8P. The van der Waals surface area contributed by atoms with Crippen LogP contribution in [0.4, 0.5) is 23.5 Å². The average Bonchev–Trinajstić information content (AvgIpc) is 3.48. The van der Waals surface area contributed by atoms with Crippen molar-refractivity contribution in [2.45, 2.75) is 63.2 Å². The van der Waals surface area contributed by atoms with Gasteiger partial charge in [-0.2, -0.15) is 18.9 Å². The molecule has 1 unspecified atom stereocenters. The molecule has 2 aromatic carbocycles. The van der Waals surface area contributed by atoms with E-state index < -0.39 is 85.4 Å². The predicted octanol–water partition coefficient (Wildman–Crippen LogP) is 3.52. The summed E-state index contributed by atoms with van der Waals surface area (Å²) in [7, 11) is -4.95. The molecule has 5 atom stereocenters. The van der Waals surface area contributed by atoms with Crippen LogP contribution in [0.1, 0.15) is 27.0 Å². The van der Waals surface area contributed by atoms with Gasteiger partial charge in [-0.1, -0.05) is 36.4 Å². The van der Waals surface area contributed by atoms with Gasteiger partial charge in [0.05, 0.1) is 19.0 Å². The summed E-state index contributed by atoms with van der Waals surface area (Å²) in [6.45, 7) is 2.70. The van der Waals surface area contributed by atoms with Gasteiger partial charge < -0.3 is 24.8 Å². The second-order valence-electron chi connectivity index (χ2n) is 10.8. The summed E-state index contributed by atoms with van der Waals surface area (Å²) in [6, 6.07) is 9.88. The van der Waals surface area contributed by atoms with E-state index in [0.717, 1.165) is 0 Å². The molecule has 3 heterocycles. The Hall–Kier alpha value is -4.09. The highest BCUT2D eigenvalue weighted by molar-refractivity contribution is 7.52. The minimum absolute atomic E-state index is 0.0701. The SMILES string of the molecule is CC(C)OC(=O)[C@H](C)NP(=O)(OC[C@@]1(C(F)F)O[C@@H](n2cnc3c(=O)[nH]c(N)nc32)C(F)(F)[C@@H]1O)Oc1cccc2ccccc12. The number of nitrogen functional groups attached to an aromatic ring is 1. The number of rotatable bonds is 11. The number of nitrogens with two attached hydrogens (primary N) is 1. The van der Waals surface area contributed by atoms with Crippen molar-refractivity contribution in [3.8, 4) is 5.75 Å². The molecule has 19 heteroatoms. The molecule has 14 nitrogen and oxygen atoms in total. The number of aromatic nitrogens is 4. The number of carbonyl (C=O) groups excluding carboxylic acids is 1. The number of hydrogen-bond acceptors (Lipinski definition) is 11. The summed E-state index contributed by atoms with van der Waals surface area (Å²) in [5.41, 5.74) is 0.0689. The normalized spacial score (nSPS) is 23.2. The molecule has 4 aromatic rings. The molecule has 5 rings (SSSR count). The van der Waals surface area contributed by atoms with Gasteiger partial charge in [0.1, 0.15) is 11.8 Å². The number of carbonyl (C=O) groups is 1. The lowest BCUT2D eigenvalue weighted by Crippen LogP contribution is -2.54. The molecule has 1 aliphatic heterocycles. The number of fused-ring (bicyclic) bond motifs is 2. The van der Waals surface area contributed by atoms with Crippen LogP contribution >= 0.6 is 7.75 Å².